The summed E-state index contributed by atoms with van der Waals surface area (Å²) in [4.78, 5) is 40.3. The van der Waals surface area contributed by atoms with Crippen LogP contribution in [0.1, 0.15) is 52.7 Å². The van der Waals surface area contributed by atoms with Crippen LogP contribution in [0.2, 0.25) is 0 Å². The highest BCUT2D eigenvalue weighted by molar-refractivity contribution is 6.05. The van der Waals surface area contributed by atoms with Crippen LogP contribution in [0.5, 0.6) is 5.75 Å². The molecule has 5 rings (SSSR count). The fourth-order valence-corrected chi connectivity index (χ4v) is 5.29. The van der Waals surface area contributed by atoms with Gasteiger partial charge in [0.25, 0.3) is 5.91 Å². The number of nitrogens with zero attached hydrogens (tertiary/aromatic N) is 2. The fourth-order valence-electron chi connectivity index (χ4n) is 5.29. The minimum absolute atomic E-state index is 0.184. The number of carbonyl (C=O) groups is 3. The molecule has 2 aromatic carbocycles. The first-order valence-electron chi connectivity index (χ1n) is 12.1. The molecule has 11 heteroatoms. The maximum absolute atomic E-state index is 12.9. The molecule has 2 fully saturated rings. The molecule has 3 aliphatic heterocycles. The number of amides is 3. The van der Waals surface area contributed by atoms with E-state index < -0.39 is 23.9 Å². The quantitative estimate of drug-likeness (QED) is 0.592. The standard InChI is InChI=1S/C26H26F3N3O5/c27-26(28,29)37-19-4-1-16(2-5-19)14-31-11-9-25(36,10-12-31)18-3-6-20-17(13-18)15-32(24(20)35)21-7-8-22(33)30-23(21)34/h1-6,13,21,36H,7-12,14-15H2,(H,30,33,34). The normalized spacial score (nSPS) is 22.1. The van der Waals surface area contributed by atoms with Crippen LogP contribution in [-0.2, 0) is 28.3 Å². The lowest BCUT2D eigenvalue weighted by molar-refractivity contribution is -0.274. The van der Waals surface area contributed by atoms with E-state index in [4.69, 9.17) is 0 Å². The molecule has 2 saturated heterocycles. The van der Waals surface area contributed by atoms with E-state index in [1.54, 1.807) is 24.3 Å². The molecular weight excluding hydrogens is 491 g/mol. The summed E-state index contributed by atoms with van der Waals surface area (Å²) in [5, 5.41) is 13.7. The lowest BCUT2D eigenvalue weighted by atomic mass is 9.83. The van der Waals surface area contributed by atoms with Crippen LogP contribution in [-0.4, -0.2) is 58.1 Å². The molecule has 0 radical (unpaired) electrons. The zero-order valence-corrected chi connectivity index (χ0v) is 19.9. The highest BCUT2D eigenvalue weighted by Gasteiger charge is 2.41. The van der Waals surface area contributed by atoms with E-state index in [1.165, 1.54) is 17.0 Å². The molecule has 2 aromatic rings. The zero-order valence-electron chi connectivity index (χ0n) is 19.9. The summed E-state index contributed by atoms with van der Waals surface area (Å²) < 4.78 is 41.0. The second kappa shape index (κ2) is 9.46. The third-order valence-electron chi connectivity index (χ3n) is 7.31. The first-order chi connectivity index (χ1) is 17.5. The van der Waals surface area contributed by atoms with Crippen molar-refractivity contribution in [1.29, 1.82) is 0 Å². The van der Waals surface area contributed by atoms with Crippen LogP contribution in [0.4, 0.5) is 13.2 Å². The smallest absolute Gasteiger partial charge is 0.406 e. The van der Waals surface area contributed by atoms with Crippen LogP contribution < -0.4 is 10.1 Å². The number of imide groups is 1. The number of halogens is 3. The highest BCUT2D eigenvalue weighted by atomic mass is 19.4. The number of piperidine rings is 2. The number of ether oxygens (including phenoxy) is 1. The zero-order chi connectivity index (χ0) is 26.4. The van der Waals surface area contributed by atoms with Gasteiger partial charge >= 0.3 is 6.36 Å². The largest absolute Gasteiger partial charge is 0.573 e. The van der Waals surface area contributed by atoms with E-state index in [0.29, 0.717) is 43.6 Å². The summed E-state index contributed by atoms with van der Waals surface area (Å²) >= 11 is 0. The number of rotatable bonds is 5. The number of aliphatic hydroxyl groups is 1. The van der Waals surface area contributed by atoms with Gasteiger partial charge in [0.15, 0.2) is 0 Å². The van der Waals surface area contributed by atoms with Crippen LogP contribution >= 0.6 is 0 Å². The fraction of sp³-hybridized carbons (Fsp3) is 0.423. The van der Waals surface area contributed by atoms with E-state index in [9.17, 15) is 32.7 Å². The van der Waals surface area contributed by atoms with Gasteiger partial charge < -0.3 is 14.7 Å². The molecule has 3 aliphatic rings. The number of nitrogens with one attached hydrogen (secondary N) is 1. The summed E-state index contributed by atoms with van der Waals surface area (Å²) in [6, 6.07) is 10.3. The average Bonchev–Trinajstić information content (AvgIpc) is 3.16. The van der Waals surface area contributed by atoms with E-state index in [0.717, 1.165) is 11.1 Å². The van der Waals surface area contributed by atoms with Gasteiger partial charge in [-0.3, -0.25) is 24.6 Å². The molecule has 8 nitrogen and oxygen atoms in total. The summed E-state index contributed by atoms with van der Waals surface area (Å²) in [6.07, 6.45) is -3.36. The summed E-state index contributed by atoms with van der Waals surface area (Å²) in [5.41, 5.74) is 1.69. The Hall–Kier alpha value is -3.44. The maximum atomic E-state index is 12.9. The lowest BCUT2D eigenvalue weighted by Gasteiger charge is -2.38. The van der Waals surface area contributed by atoms with Crippen molar-refractivity contribution in [3.8, 4) is 5.75 Å². The Labute approximate surface area is 211 Å². The number of carbonyl (C=O) groups excluding carboxylic acids is 3. The van der Waals surface area contributed by atoms with Gasteiger partial charge in [-0.05, 0) is 54.2 Å². The lowest BCUT2D eigenvalue weighted by Crippen LogP contribution is -2.52. The van der Waals surface area contributed by atoms with Crippen LogP contribution in [0, 0.1) is 0 Å². The number of hydrogen-bond donors (Lipinski definition) is 2. The van der Waals surface area contributed by atoms with Crippen LogP contribution in [0.15, 0.2) is 42.5 Å². The SMILES string of the molecule is O=C1CCC(N2Cc3cc(C4(O)CCN(Cc5ccc(OC(F)(F)F)cc5)CC4)ccc3C2=O)C(=O)N1. The first kappa shape index (κ1) is 25.2. The average molecular weight is 518 g/mol. The Morgan fingerprint density at radius 3 is 2.41 bits per heavy atom. The van der Waals surface area contributed by atoms with Crippen molar-refractivity contribution in [2.75, 3.05) is 13.1 Å². The number of likely N-dealkylation sites (tertiary alicyclic amines) is 1. The third-order valence-corrected chi connectivity index (χ3v) is 7.31. The molecule has 3 amide bonds. The van der Waals surface area contributed by atoms with Gasteiger partial charge in [-0.15, -0.1) is 13.2 Å². The van der Waals surface area contributed by atoms with E-state index in [1.807, 2.05) is 6.07 Å². The molecule has 0 aromatic heterocycles. The summed E-state index contributed by atoms with van der Waals surface area (Å²) in [6.45, 7) is 1.93. The van der Waals surface area contributed by atoms with E-state index in [-0.39, 0.29) is 37.0 Å². The van der Waals surface area contributed by atoms with Crippen molar-refractivity contribution in [2.24, 2.45) is 0 Å². The molecule has 0 spiro atoms. The number of hydrogen-bond acceptors (Lipinski definition) is 6. The van der Waals surface area contributed by atoms with Crippen molar-refractivity contribution in [3.63, 3.8) is 0 Å². The third kappa shape index (κ3) is 5.33. The summed E-state index contributed by atoms with van der Waals surface area (Å²) in [7, 11) is 0. The Morgan fingerprint density at radius 1 is 1.05 bits per heavy atom. The first-order valence-corrected chi connectivity index (χ1v) is 12.1. The number of alkyl halides is 3. The van der Waals surface area contributed by atoms with E-state index in [2.05, 4.69) is 15.0 Å². The maximum Gasteiger partial charge on any atom is 0.573 e. The minimum Gasteiger partial charge on any atom is -0.406 e. The summed E-state index contributed by atoms with van der Waals surface area (Å²) in [5.74, 6) is -1.33. The van der Waals surface area contributed by atoms with Crippen molar-refractivity contribution < 1.29 is 37.4 Å². The van der Waals surface area contributed by atoms with Crippen LogP contribution in [0.3, 0.4) is 0 Å². The van der Waals surface area contributed by atoms with Gasteiger partial charge in [0.05, 0.1) is 5.60 Å². The molecule has 0 saturated carbocycles. The van der Waals surface area contributed by atoms with E-state index >= 15 is 0 Å². The Kier molecular flexibility index (Phi) is 6.45. The molecule has 1 atom stereocenters. The van der Waals surface area contributed by atoms with Gasteiger partial charge in [-0.25, -0.2) is 0 Å². The second-order valence-electron chi connectivity index (χ2n) is 9.77. The molecule has 2 N–H and O–H groups in total. The predicted octanol–water partition coefficient (Wildman–Crippen LogP) is 2.83. The second-order valence-corrected chi connectivity index (χ2v) is 9.77. The van der Waals surface area contributed by atoms with Gasteiger partial charge in [-0.1, -0.05) is 24.3 Å². The topological polar surface area (TPSA) is 99.2 Å². The molecule has 37 heavy (non-hydrogen) atoms. The molecule has 196 valence electrons. The van der Waals surface area contributed by atoms with Crippen molar-refractivity contribution in [3.05, 3.63) is 64.7 Å². The van der Waals surface area contributed by atoms with Crippen molar-refractivity contribution in [1.82, 2.24) is 15.1 Å². The van der Waals surface area contributed by atoms with Gasteiger partial charge in [-0.2, -0.15) is 0 Å². The Morgan fingerprint density at radius 2 is 1.76 bits per heavy atom. The van der Waals surface area contributed by atoms with Gasteiger partial charge in [0.1, 0.15) is 11.8 Å². The van der Waals surface area contributed by atoms with Crippen molar-refractivity contribution in [2.45, 2.75) is 56.8 Å². The predicted molar refractivity (Wildman–Crippen MR) is 124 cm³/mol. The molecule has 3 heterocycles. The monoisotopic (exact) mass is 517 g/mol. The number of benzene rings is 2. The molecule has 0 aliphatic carbocycles. The van der Waals surface area contributed by atoms with Gasteiger partial charge in [0, 0.05) is 38.2 Å². The van der Waals surface area contributed by atoms with Crippen molar-refractivity contribution >= 4 is 17.7 Å². The van der Waals surface area contributed by atoms with Crippen LogP contribution in [0.25, 0.3) is 0 Å². The molecule has 0 bridgehead atoms. The molecular formula is C26H26F3N3O5. The highest BCUT2D eigenvalue weighted by Crippen LogP contribution is 2.37. The Bertz CT molecular complexity index is 1220. The minimum atomic E-state index is -4.73. The molecule has 1 unspecified atom stereocenters. The van der Waals surface area contributed by atoms with Gasteiger partial charge in [0.2, 0.25) is 11.8 Å². The number of fused-ring (bicyclic) bond motifs is 1. The Balaban J connectivity index is 1.21.